The third kappa shape index (κ3) is 4.19. The molecule has 5 aromatic carbocycles. The number of fused-ring (bicyclic) bond motifs is 7. The van der Waals surface area contributed by atoms with E-state index in [0.717, 1.165) is 12.8 Å². The molecule has 0 spiro atoms. The van der Waals surface area contributed by atoms with E-state index in [1.165, 1.54) is 50.2 Å². The Balaban J connectivity index is 1.25. The van der Waals surface area contributed by atoms with E-state index in [0.29, 0.717) is 5.92 Å². The van der Waals surface area contributed by atoms with Crippen LogP contribution in [0.1, 0.15) is 58.7 Å². The van der Waals surface area contributed by atoms with Gasteiger partial charge in [-0.05, 0) is 66.4 Å². The molecule has 222 valence electrons. The quantitative estimate of drug-likeness (QED) is 0.219. The molecule has 0 radical (unpaired) electrons. The minimum absolute atomic E-state index is 0.0249. The summed E-state index contributed by atoms with van der Waals surface area (Å²) in [5.74, 6) is 0.397. The van der Waals surface area contributed by atoms with Crippen LogP contribution in [0.25, 0.3) is 16.6 Å². The highest BCUT2D eigenvalue weighted by Crippen LogP contribution is 2.57. The Bertz CT molecular complexity index is 1920. The summed E-state index contributed by atoms with van der Waals surface area (Å²) >= 11 is 0. The van der Waals surface area contributed by atoms with E-state index in [1.54, 1.807) is 0 Å². The van der Waals surface area contributed by atoms with Gasteiger partial charge in [-0.25, -0.2) is 0 Å². The zero-order valence-corrected chi connectivity index (χ0v) is 25.4. The van der Waals surface area contributed by atoms with Crippen molar-refractivity contribution >= 4 is 16.6 Å². The molecule has 5 nitrogen and oxygen atoms in total. The highest BCUT2D eigenvalue weighted by Gasteiger charge is 2.49. The van der Waals surface area contributed by atoms with Gasteiger partial charge in [-0.15, -0.1) is 0 Å². The summed E-state index contributed by atoms with van der Waals surface area (Å²) in [5.41, 5.74) is 10.7. The summed E-state index contributed by atoms with van der Waals surface area (Å²) < 4.78 is 2.55. The SMILES string of the molecule is CN1C(c2ccccc2)NC(N2c3ccccc3C3CCc4c(n(-c5ccccc5)c5ccccc45)C32)NC1c1ccccc1. The second kappa shape index (κ2) is 10.7. The average molecular weight is 588 g/mol. The summed E-state index contributed by atoms with van der Waals surface area (Å²) in [4.78, 5) is 5.10. The molecule has 5 heteroatoms. The summed E-state index contributed by atoms with van der Waals surface area (Å²) in [6.07, 6.45) is 2.15. The van der Waals surface area contributed by atoms with Crippen LogP contribution in [-0.2, 0) is 6.42 Å². The van der Waals surface area contributed by atoms with Crippen LogP contribution in [0.2, 0.25) is 0 Å². The molecule has 3 heterocycles. The molecule has 6 aromatic rings. The minimum Gasteiger partial charge on any atom is -0.334 e. The molecular weight excluding hydrogens is 550 g/mol. The standard InChI is InChI=1S/C40H37N5/c1-43-38(27-15-5-2-6-16-27)41-40(42-39(43)28-17-7-3-8-18-28)45-35-24-14-12-22-31(35)33-26-25-32-30-21-11-13-23-34(30)44(36(32)37(33)45)29-19-9-4-10-20-29/h2-24,33,37-42H,25-26H2,1H3. The fraction of sp³-hybridized carbons (Fsp3) is 0.200. The summed E-state index contributed by atoms with van der Waals surface area (Å²) in [5, 5.41) is 9.56. The molecule has 3 aliphatic rings. The van der Waals surface area contributed by atoms with Crippen molar-refractivity contribution < 1.29 is 0 Å². The van der Waals surface area contributed by atoms with Crippen LogP contribution in [0, 0.1) is 0 Å². The number of nitrogens with one attached hydrogen (secondary N) is 2. The second-order valence-electron chi connectivity index (χ2n) is 12.6. The van der Waals surface area contributed by atoms with Gasteiger partial charge in [0.2, 0.25) is 0 Å². The van der Waals surface area contributed by atoms with Crippen molar-refractivity contribution in [3.8, 4) is 5.69 Å². The first-order chi connectivity index (χ1) is 22.3. The third-order valence-corrected chi connectivity index (χ3v) is 10.3. The number of aryl methyl sites for hydroxylation is 1. The number of nitrogens with zero attached hydrogens (tertiary/aromatic N) is 3. The number of hydrogen-bond acceptors (Lipinski definition) is 4. The fourth-order valence-electron chi connectivity index (χ4n) is 8.37. The highest BCUT2D eigenvalue weighted by molar-refractivity contribution is 5.89. The van der Waals surface area contributed by atoms with Crippen molar-refractivity contribution in [3.05, 3.63) is 167 Å². The minimum atomic E-state index is -0.110. The van der Waals surface area contributed by atoms with Crippen molar-refractivity contribution in [3.63, 3.8) is 0 Å². The van der Waals surface area contributed by atoms with Gasteiger partial charge >= 0.3 is 0 Å². The normalized spacial score (nSPS) is 24.3. The van der Waals surface area contributed by atoms with Gasteiger partial charge in [0.25, 0.3) is 0 Å². The third-order valence-electron chi connectivity index (χ3n) is 10.3. The summed E-state index contributed by atoms with van der Waals surface area (Å²) in [6.45, 7) is 0. The van der Waals surface area contributed by atoms with E-state index in [4.69, 9.17) is 0 Å². The monoisotopic (exact) mass is 587 g/mol. The molecule has 1 saturated heterocycles. The van der Waals surface area contributed by atoms with Crippen LogP contribution in [0.15, 0.2) is 140 Å². The second-order valence-corrected chi connectivity index (χ2v) is 12.6. The van der Waals surface area contributed by atoms with Crippen LogP contribution in [0.5, 0.6) is 0 Å². The van der Waals surface area contributed by atoms with Crippen molar-refractivity contribution in [2.24, 2.45) is 0 Å². The van der Waals surface area contributed by atoms with Gasteiger partial charge in [0.1, 0.15) is 6.29 Å². The van der Waals surface area contributed by atoms with Crippen molar-refractivity contribution in [1.29, 1.82) is 0 Å². The van der Waals surface area contributed by atoms with Crippen LogP contribution in [-0.4, -0.2) is 22.8 Å². The summed E-state index contributed by atoms with van der Waals surface area (Å²) in [7, 11) is 2.22. The van der Waals surface area contributed by atoms with Gasteiger partial charge in [-0.3, -0.25) is 15.5 Å². The first-order valence-corrected chi connectivity index (χ1v) is 16.2. The van der Waals surface area contributed by atoms with Crippen LogP contribution in [0.3, 0.4) is 0 Å². The highest BCUT2D eigenvalue weighted by atomic mass is 15.5. The molecule has 0 saturated carbocycles. The molecule has 9 rings (SSSR count). The van der Waals surface area contributed by atoms with Crippen molar-refractivity contribution in [1.82, 2.24) is 20.1 Å². The maximum absolute atomic E-state index is 4.09. The van der Waals surface area contributed by atoms with E-state index < -0.39 is 0 Å². The van der Waals surface area contributed by atoms with Gasteiger partial charge in [0, 0.05) is 22.7 Å². The lowest BCUT2D eigenvalue weighted by atomic mass is 9.80. The van der Waals surface area contributed by atoms with Crippen LogP contribution < -0.4 is 15.5 Å². The zero-order chi connectivity index (χ0) is 29.9. The Morgan fingerprint density at radius 3 is 1.89 bits per heavy atom. The van der Waals surface area contributed by atoms with Crippen molar-refractivity contribution in [2.45, 2.75) is 43.4 Å². The lowest BCUT2D eigenvalue weighted by Crippen LogP contribution is -2.66. The van der Waals surface area contributed by atoms with E-state index in [-0.39, 0.29) is 24.7 Å². The van der Waals surface area contributed by atoms with E-state index >= 15 is 0 Å². The van der Waals surface area contributed by atoms with Crippen molar-refractivity contribution in [2.75, 3.05) is 11.9 Å². The lowest BCUT2D eigenvalue weighted by molar-refractivity contribution is 0.0380. The fourth-order valence-corrected chi connectivity index (χ4v) is 8.37. The number of hydrogen-bond donors (Lipinski definition) is 2. The predicted molar refractivity (Wildman–Crippen MR) is 182 cm³/mol. The van der Waals surface area contributed by atoms with Crippen LogP contribution >= 0.6 is 0 Å². The van der Waals surface area contributed by atoms with Gasteiger partial charge in [0.05, 0.1) is 29.6 Å². The molecule has 1 aliphatic carbocycles. The molecule has 0 amide bonds. The Morgan fingerprint density at radius 1 is 0.622 bits per heavy atom. The van der Waals surface area contributed by atoms with Gasteiger partial charge < -0.3 is 9.47 Å². The summed E-state index contributed by atoms with van der Waals surface area (Å²) in [6, 6.07) is 51.0. The maximum Gasteiger partial charge on any atom is 0.138 e. The number of aromatic nitrogens is 1. The maximum atomic E-state index is 4.09. The molecule has 2 aliphatic heterocycles. The topological polar surface area (TPSA) is 35.5 Å². The van der Waals surface area contributed by atoms with E-state index in [1.807, 2.05) is 0 Å². The Kier molecular flexibility index (Phi) is 6.37. The molecule has 1 fully saturated rings. The zero-order valence-electron chi connectivity index (χ0n) is 25.4. The Labute approximate surface area is 264 Å². The smallest absolute Gasteiger partial charge is 0.138 e. The number of rotatable bonds is 4. The van der Waals surface area contributed by atoms with Crippen LogP contribution in [0.4, 0.5) is 5.69 Å². The first kappa shape index (κ1) is 26.7. The average Bonchev–Trinajstić information content (AvgIpc) is 3.63. The van der Waals surface area contributed by atoms with Gasteiger partial charge in [0.15, 0.2) is 0 Å². The van der Waals surface area contributed by atoms with Gasteiger partial charge in [-0.1, -0.05) is 115 Å². The Morgan fingerprint density at radius 2 is 1.20 bits per heavy atom. The Hall–Kier alpha value is -4.68. The number of anilines is 1. The molecule has 4 unspecified atom stereocenters. The molecule has 0 bridgehead atoms. The molecule has 1 aromatic heterocycles. The molecular formula is C40H37N5. The lowest BCUT2D eigenvalue weighted by Gasteiger charge is -2.50. The number of benzene rings is 5. The largest absolute Gasteiger partial charge is 0.334 e. The number of para-hydroxylation sites is 3. The molecule has 4 atom stereocenters. The first-order valence-electron chi connectivity index (χ1n) is 16.2. The molecule has 45 heavy (non-hydrogen) atoms. The molecule has 2 N–H and O–H groups in total. The van der Waals surface area contributed by atoms with Gasteiger partial charge in [-0.2, -0.15) is 0 Å². The van der Waals surface area contributed by atoms with E-state index in [9.17, 15) is 0 Å². The van der Waals surface area contributed by atoms with E-state index in [2.05, 4.69) is 172 Å². The predicted octanol–water partition coefficient (Wildman–Crippen LogP) is 8.03.